The summed E-state index contributed by atoms with van der Waals surface area (Å²) in [7, 11) is 2.01. The maximum Gasteiger partial charge on any atom is 0.239 e. The van der Waals surface area contributed by atoms with Crippen molar-refractivity contribution in [2.75, 3.05) is 53.0 Å². The number of morpholine rings is 1. The second kappa shape index (κ2) is 7.22. The highest BCUT2D eigenvalue weighted by molar-refractivity contribution is 5.81. The van der Waals surface area contributed by atoms with Gasteiger partial charge in [0.2, 0.25) is 5.91 Å². The monoisotopic (exact) mass is 269 g/mol. The van der Waals surface area contributed by atoms with Crippen LogP contribution in [0, 0.1) is 5.92 Å². The Kier molecular flexibility index (Phi) is 5.60. The average Bonchev–Trinajstić information content (AvgIpc) is 2.48. The van der Waals surface area contributed by atoms with Crippen molar-refractivity contribution in [2.24, 2.45) is 5.92 Å². The van der Waals surface area contributed by atoms with E-state index in [4.69, 9.17) is 4.74 Å². The fourth-order valence-corrected chi connectivity index (χ4v) is 3.04. The molecule has 0 aromatic heterocycles. The summed E-state index contributed by atoms with van der Waals surface area (Å²) >= 11 is 0. The number of amides is 1. The van der Waals surface area contributed by atoms with Gasteiger partial charge in [0, 0.05) is 13.1 Å². The molecule has 2 aliphatic rings. The van der Waals surface area contributed by atoms with E-state index in [1.165, 1.54) is 12.8 Å². The van der Waals surface area contributed by atoms with E-state index in [9.17, 15) is 4.79 Å². The summed E-state index contributed by atoms with van der Waals surface area (Å²) in [5, 5.41) is 3.25. The number of piperidine rings is 1. The molecule has 5 heteroatoms. The molecule has 2 saturated heterocycles. The number of hydrogen-bond donors (Lipinski definition) is 1. The molecule has 110 valence electrons. The molecule has 0 saturated carbocycles. The largest absolute Gasteiger partial charge is 0.378 e. The van der Waals surface area contributed by atoms with Gasteiger partial charge in [-0.15, -0.1) is 0 Å². The minimum absolute atomic E-state index is 0.0219. The molecule has 0 bridgehead atoms. The Labute approximate surface area is 116 Å². The maximum absolute atomic E-state index is 12.4. The van der Waals surface area contributed by atoms with Gasteiger partial charge in [-0.25, -0.2) is 0 Å². The van der Waals surface area contributed by atoms with E-state index in [1.54, 1.807) is 0 Å². The van der Waals surface area contributed by atoms with Crippen LogP contribution in [0.15, 0.2) is 0 Å². The lowest BCUT2D eigenvalue weighted by atomic mass is 9.95. The van der Waals surface area contributed by atoms with Gasteiger partial charge in [0.1, 0.15) is 0 Å². The molecule has 0 radical (unpaired) electrons. The second-order valence-electron chi connectivity index (χ2n) is 5.65. The van der Waals surface area contributed by atoms with E-state index in [-0.39, 0.29) is 11.9 Å². The van der Waals surface area contributed by atoms with E-state index in [1.807, 2.05) is 11.9 Å². The molecular formula is C14H27N3O2. The topological polar surface area (TPSA) is 44.8 Å². The predicted octanol–water partition coefficient (Wildman–Crippen LogP) is 0.165. The molecule has 1 N–H and O–H groups in total. The number of rotatable bonds is 4. The summed E-state index contributed by atoms with van der Waals surface area (Å²) in [6, 6.07) is 0.0219. The summed E-state index contributed by atoms with van der Waals surface area (Å²) < 4.78 is 5.30. The van der Waals surface area contributed by atoms with Gasteiger partial charge in [0.15, 0.2) is 0 Å². The number of carbonyl (C=O) groups excluding carboxylic acids is 1. The summed E-state index contributed by atoms with van der Waals surface area (Å²) in [5.41, 5.74) is 0. The molecule has 2 aliphatic heterocycles. The Morgan fingerprint density at radius 3 is 2.47 bits per heavy atom. The van der Waals surface area contributed by atoms with Crippen LogP contribution in [-0.4, -0.2) is 74.7 Å². The van der Waals surface area contributed by atoms with Gasteiger partial charge >= 0.3 is 0 Å². The summed E-state index contributed by atoms with van der Waals surface area (Å²) in [6.45, 7) is 8.10. The lowest BCUT2D eigenvalue weighted by Gasteiger charge is -2.38. The third-order valence-corrected chi connectivity index (χ3v) is 4.37. The van der Waals surface area contributed by atoms with E-state index in [2.05, 4.69) is 17.1 Å². The molecular weight excluding hydrogens is 242 g/mol. The zero-order valence-corrected chi connectivity index (χ0v) is 12.2. The lowest BCUT2D eigenvalue weighted by molar-refractivity contribution is -0.141. The summed E-state index contributed by atoms with van der Waals surface area (Å²) in [5.74, 6) is 1.04. The highest BCUT2D eigenvalue weighted by Crippen LogP contribution is 2.19. The van der Waals surface area contributed by atoms with E-state index < -0.39 is 0 Å². The zero-order valence-electron chi connectivity index (χ0n) is 12.2. The number of carbonyl (C=O) groups is 1. The van der Waals surface area contributed by atoms with Crippen molar-refractivity contribution in [1.82, 2.24) is 15.1 Å². The Balaban J connectivity index is 1.79. The lowest BCUT2D eigenvalue weighted by Crippen LogP contribution is -2.52. The van der Waals surface area contributed by atoms with E-state index >= 15 is 0 Å². The molecule has 1 atom stereocenters. The maximum atomic E-state index is 12.4. The van der Waals surface area contributed by atoms with Gasteiger partial charge in [-0.1, -0.05) is 0 Å². The Morgan fingerprint density at radius 1 is 1.26 bits per heavy atom. The number of nitrogens with zero attached hydrogens (tertiary/aromatic N) is 2. The highest BCUT2D eigenvalue weighted by atomic mass is 16.5. The first-order valence-electron chi connectivity index (χ1n) is 7.47. The molecule has 0 aromatic carbocycles. The molecule has 0 spiro atoms. The van der Waals surface area contributed by atoms with E-state index in [0.717, 1.165) is 38.6 Å². The Bertz CT molecular complexity index is 284. The predicted molar refractivity (Wildman–Crippen MR) is 75.1 cm³/mol. The van der Waals surface area contributed by atoms with Gasteiger partial charge in [0.05, 0.1) is 19.3 Å². The highest BCUT2D eigenvalue weighted by Gasteiger charge is 2.29. The minimum atomic E-state index is 0.0219. The molecule has 1 amide bonds. The van der Waals surface area contributed by atoms with Crippen LogP contribution in [-0.2, 0) is 9.53 Å². The van der Waals surface area contributed by atoms with Crippen molar-refractivity contribution in [3.8, 4) is 0 Å². The molecule has 0 aliphatic carbocycles. The first-order chi connectivity index (χ1) is 9.22. The third kappa shape index (κ3) is 3.91. The van der Waals surface area contributed by atoms with Crippen LogP contribution >= 0.6 is 0 Å². The zero-order chi connectivity index (χ0) is 13.7. The van der Waals surface area contributed by atoms with Crippen molar-refractivity contribution < 1.29 is 9.53 Å². The number of ether oxygens (including phenoxy) is 1. The molecule has 2 heterocycles. The van der Waals surface area contributed by atoms with Crippen molar-refractivity contribution in [3.63, 3.8) is 0 Å². The van der Waals surface area contributed by atoms with Gasteiger partial charge in [-0.05, 0) is 52.4 Å². The van der Waals surface area contributed by atoms with Gasteiger partial charge in [-0.3, -0.25) is 9.69 Å². The normalized spacial score (nSPS) is 24.4. The van der Waals surface area contributed by atoms with Crippen LogP contribution in [0.2, 0.25) is 0 Å². The van der Waals surface area contributed by atoms with Crippen LogP contribution in [0.1, 0.15) is 19.8 Å². The van der Waals surface area contributed by atoms with Crippen molar-refractivity contribution in [1.29, 1.82) is 0 Å². The average molecular weight is 269 g/mol. The molecule has 19 heavy (non-hydrogen) atoms. The number of nitrogens with one attached hydrogen (secondary N) is 1. The third-order valence-electron chi connectivity index (χ3n) is 4.37. The van der Waals surface area contributed by atoms with Crippen molar-refractivity contribution in [3.05, 3.63) is 0 Å². The Hall–Kier alpha value is -0.650. The number of hydrogen-bond acceptors (Lipinski definition) is 4. The van der Waals surface area contributed by atoms with Crippen molar-refractivity contribution >= 4 is 5.91 Å². The van der Waals surface area contributed by atoms with Crippen LogP contribution in [0.25, 0.3) is 0 Å². The smallest absolute Gasteiger partial charge is 0.239 e. The molecule has 2 fully saturated rings. The first kappa shape index (κ1) is 14.8. The SMILES string of the molecule is CNCC1CCN(C(C)C(=O)N2CCOCC2)CC1. The van der Waals surface area contributed by atoms with Crippen LogP contribution in [0.3, 0.4) is 0 Å². The first-order valence-corrected chi connectivity index (χ1v) is 7.47. The quantitative estimate of drug-likeness (QED) is 0.790. The fourth-order valence-electron chi connectivity index (χ4n) is 3.04. The molecule has 1 unspecified atom stereocenters. The molecule has 2 rings (SSSR count). The number of likely N-dealkylation sites (tertiary alicyclic amines) is 1. The minimum Gasteiger partial charge on any atom is -0.378 e. The summed E-state index contributed by atoms with van der Waals surface area (Å²) in [6.07, 6.45) is 2.39. The van der Waals surface area contributed by atoms with Crippen molar-refractivity contribution in [2.45, 2.75) is 25.8 Å². The second-order valence-corrected chi connectivity index (χ2v) is 5.65. The van der Waals surface area contributed by atoms with Gasteiger partial charge in [-0.2, -0.15) is 0 Å². The molecule has 5 nitrogen and oxygen atoms in total. The Morgan fingerprint density at radius 2 is 1.89 bits per heavy atom. The van der Waals surface area contributed by atoms with Gasteiger partial charge in [0.25, 0.3) is 0 Å². The van der Waals surface area contributed by atoms with Crippen LogP contribution < -0.4 is 5.32 Å². The van der Waals surface area contributed by atoms with Crippen LogP contribution in [0.5, 0.6) is 0 Å². The standard InChI is InChI=1S/C14H27N3O2/c1-12(14(18)17-7-9-19-10-8-17)16-5-3-13(4-6-16)11-15-2/h12-13,15H,3-11H2,1-2H3. The molecule has 0 aromatic rings. The fraction of sp³-hybridized carbons (Fsp3) is 0.929. The van der Waals surface area contributed by atoms with E-state index in [0.29, 0.717) is 13.2 Å². The van der Waals surface area contributed by atoms with Crippen LogP contribution in [0.4, 0.5) is 0 Å². The summed E-state index contributed by atoms with van der Waals surface area (Å²) in [4.78, 5) is 16.7. The van der Waals surface area contributed by atoms with Gasteiger partial charge < -0.3 is 15.0 Å².